The minimum absolute atomic E-state index is 0.0901. The Morgan fingerprint density at radius 3 is 2.39 bits per heavy atom. The second kappa shape index (κ2) is 7.25. The van der Waals surface area contributed by atoms with Gasteiger partial charge in [0.15, 0.2) is 0 Å². The van der Waals surface area contributed by atoms with Crippen LogP contribution < -0.4 is 0 Å². The predicted octanol–water partition coefficient (Wildman–Crippen LogP) is 1.92. The van der Waals surface area contributed by atoms with Crippen molar-refractivity contribution < 1.29 is 17.6 Å². The van der Waals surface area contributed by atoms with Gasteiger partial charge in [-0.3, -0.25) is 9.78 Å². The molecule has 0 atom stereocenters. The number of halogens is 1. The second-order valence-electron chi connectivity index (χ2n) is 6.40. The van der Waals surface area contributed by atoms with Crippen LogP contribution in [0.5, 0.6) is 0 Å². The van der Waals surface area contributed by atoms with Crippen molar-refractivity contribution in [3.63, 3.8) is 0 Å². The Bertz CT molecular complexity index is 1140. The average Bonchev–Trinajstić information content (AvgIpc) is 2.73. The fraction of sp³-hybridized carbons (Fsp3) is 0.211. The zero-order valence-corrected chi connectivity index (χ0v) is 15.6. The van der Waals surface area contributed by atoms with Crippen LogP contribution in [0.15, 0.2) is 59.6 Å². The molecule has 0 unspecified atom stereocenters. The fourth-order valence-corrected chi connectivity index (χ4v) is 4.58. The summed E-state index contributed by atoms with van der Waals surface area (Å²) in [5, 5.41) is 0. The molecule has 7 nitrogen and oxygen atoms in total. The Kier molecular flexibility index (Phi) is 4.78. The van der Waals surface area contributed by atoms with Gasteiger partial charge in [-0.15, -0.1) is 0 Å². The van der Waals surface area contributed by atoms with Crippen LogP contribution in [0, 0.1) is 5.82 Å². The lowest BCUT2D eigenvalue weighted by molar-refractivity contribution is 0.0692. The van der Waals surface area contributed by atoms with Crippen LogP contribution in [0.3, 0.4) is 0 Å². The van der Waals surface area contributed by atoms with Crippen molar-refractivity contribution >= 4 is 27.0 Å². The van der Waals surface area contributed by atoms with Gasteiger partial charge >= 0.3 is 0 Å². The fourth-order valence-electron chi connectivity index (χ4n) is 3.13. The third-order valence-corrected chi connectivity index (χ3v) is 6.52. The summed E-state index contributed by atoms with van der Waals surface area (Å²) >= 11 is 0. The SMILES string of the molecule is O=C(c1cnc2ccccc2n1)N1CCN(S(=O)(=O)c2cccc(F)c2)CC1. The number of carbonyl (C=O) groups excluding carboxylic acids is 1. The Hall–Kier alpha value is -2.91. The normalized spacial score (nSPS) is 15.7. The molecule has 0 bridgehead atoms. The van der Waals surface area contributed by atoms with Crippen molar-refractivity contribution in [3.05, 3.63) is 66.2 Å². The summed E-state index contributed by atoms with van der Waals surface area (Å²) in [6.07, 6.45) is 1.43. The molecule has 1 aliphatic heterocycles. The standard InChI is InChI=1S/C19H17FN4O3S/c20-14-4-3-5-15(12-14)28(26,27)24-10-8-23(9-11-24)19(25)18-13-21-16-6-1-2-7-17(16)22-18/h1-7,12-13H,8-11H2. The number of piperazine rings is 1. The van der Waals surface area contributed by atoms with Gasteiger partial charge < -0.3 is 4.90 Å². The van der Waals surface area contributed by atoms with Crippen molar-refractivity contribution in [1.29, 1.82) is 0 Å². The van der Waals surface area contributed by atoms with Crippen molar-refractivity contribution in [3.8, 4) is 0 Å². The highest BCUT2D eigenvalue weighted by atomic mass is 32.2. The molecule has 0 radical (unpaired) electrons. The lowest BCUT2D eigenvalue weighted by atomic mass is 10.2. The largest absolute Gasteiger partial charge is 0.335 e. The number of benzene rings is 2. The van der Waals surface area contributed by atoms with Gasteiger partial charge in [0.2, 0.25) is 10.0 Å². The molecule has 2 aromatic carbocycles. The second-order valence-corrected chi connectivity index (χ2v) is 8.34. The molecule has 0 N–H and O–H groups in total. The molecule has 0 saturated carbocycles. The maximum Gasteiger partial charge on any atom is 0.274 e. The van der Waals surface area contributed by atoms with Gasteiger partial charge in [-0.05, 0) is 30.3 Å². The highest BCUT2D eigenvalue weighted by molar-refractivity contribution is 7.89. The first-order valence-corrected chi connectivity index (χ1v) is 10.2. The topological polar surface area (TPSA) is 83.5 Å². The van der Waals surface area contributed by atoms with Crippen molar-refractivity contribution in [2.45, 2.75) is 4.90 Å². The Balaban J connectivity index is 1.48. The van der Waals surface area contributed by atoms with Crippen LogP contribution in [0.2, 0.25) is 0 Å². The van der Waals surface area contributed by atoms with E-state index >= 15 is 0 Å². The zero-order chi connectivity index (χ0) is 19.7. The van der Waals surface area contributed by atoms with E-state index < -0.39 is 15.8 Å². The number of nitrogens with zero attached hydrogens (tertiary/aromatic N) is 4. The van der Waals surface area contributed by atoms with Gasteiger partial charge in [-0.1, -0.05) is 18.2 Å². The van der Waals surface area contributed by atoms with Gasteiger partial charge in [-0.25, -0.2) is 17.8 Å². The van der Waals surface area contributed by atoms with Crippen LogP contribution in [0.1, 0.15) is 10.5 Å². The third kappa shape index (κ3) is 3.46. The number of amides is 1. The van der Waals surface area contributed by atoms with Gasteiger partial charge in [-0.2, -0.15) is 4.31 Å². The Morgan fingerprint density at radius 2 is 1.68 bits per heavy atom. The van der Waals surface area contributed by atoms with Crippen molar-refractivity contribution in [2.24, 2.45) is 0 Å². The van der Waals surface area contributed by atoms with E-state index in [-0.39, 0.29) is 42.7 Å². The average molecular weight is 400 g/mol. The summed E-state index contributed by atoms with van der Waals surface area (Å²) in [7, 11) is -3.80. The monoisotopic (exact) mass is 400 g/mol. The van der Waals surface area contributed by atoms with Crippen LogP contribution in [0.4, 0.5) is 4.39 Å². The lowest BCUT2D eigenvalue weighted by Crippen LogP contribution is -2.50. The molecular weight excluding hydrogens is 383 g/mol. The molecule has 144 valence electrons. The van der Waals surface area contributed by atoms with E-state index in [2.05, 4.69) is 9.97 Å². The smallest absolute Gasteiger partial charge is 0.274 e. The molecule has 2 heterocycles. The van der Waals surface area contributed by atoms with Crippen LogP contribution in [-0.2, 0) is 10.0 Å². The first-order valence-electron chi connectivity index (χ1n) is 8.72. The summed E-state index contributed by atoms with van der Waals surface area (Å²) in [5.74, 6) is -0.897. The summed E-state index contributed by atoms with van der Waals surface area (Å²) < 4.78 is 40.0. The number of fused-ring (bicyclic) bond motifs is 1. The summed E-state index contributed by atoms with van der Waals surface area (Å²) in [4.78, 5) is 22.8. The molecule has 1 aromatic heterocycles. The number of sulfonamides is 1. The number of hydrogen-bond acceptors (Lipinski definition) is 5. The van der Waals surface area contributed by atoms with E-state index in [0.717, 1.165) is 6.07 Å². The molecule has 3 aromatic rings. The van der Waals surface area contributed by atoms with E-state index in [1.54, 1.807) is 11.0 Å². The van der Waals surface area contributed by atoms with Gasteiger partial charge in [0, 0.05) is 26.2 Å². The molecule has 4 rings (SSSR count). The highest BCUT2D eigenvalue weighted by Gasteiger charge is 2.31. The van der Waals surface area contributed by atoms with E-state index in [1.165, 1.54) is 28.7 Å². The summed E-state index contributed by atoms with van der Waals surface area (Å²) in [6, 6.07) is 12.2. The zero-order valence-electron chi connectivity index (χ0n) is 14.8. The minimum Gasteiger partial charge on any atom is -0.335 e. The number of para-hydroxylation sites is 2. The molecule has 9 heteroatoms. The van der Waals surface area contributed by atoms with E-state index in [0.29, 0.717) is 11.0 Å². The molecule has 1 amide bonds. The molecular formula is C19H17FN4O3S. The van der Waals surface area contributed by atoms with E-state index in [9.17, 15) is 17.6 Å². The van der Waals surface area contributed by atoms with Gasteiger partial charge in [0.05, 0.1) is 22.1 Å². The maximum absolute atomic E-state index is 13.4. The molecule has 28 heavy (non-hydrogen) atoms. The van der Waals surface area contributed by atoms with Crippen LogP contribution >= 0.6 is 0 Å². The molecule has 1 saturated heterocycles. The minimum atomic E-state index is -3.80. The highest BCUT2D eigenvalue weighted by Crippen LogP contribution is 2.19. The quantitative estimate of drug-likeness (QED) is 0.671. The third-order valence-electron chi connectivity index (χ3n) is 4.63. The Labute approximate surface area is 161 Å². The first kappa shape index (κ1) is 18.5. The first-order chi connectivity index (χ1) is 13.4. The van der Waals surface area contributed by atoms with E-state index in [1.807, 2.05) is 18.2 Å². The van der Waals surface area contributed by atoms with E-state index in [4.69, 9.17) is 0 Å². The Morgan fingerprint density at radius 1 is 0.964 bits per heavy atom. The predicted molar refractivity (Wildman–Crippen MR) is 101 cm³/mol. The molecule has 0 spiro atoms. The number of carbonyl (C=O) groups is 1. The lowest BCUT2D eigenvalue weighted by Gasteiger charge is -2.33. The van der Waals surface area contributed by atoms with Crippen LogP contribution in [-0.4, -0.2) is 59.7 Å². The number of aromatic nitrogens is 2. The number of rotatable bonds is 3. The molecule has 1 aliphatic rings. The van der Waals surface area contributed by atoms with Gasteiger partial charge in [0.1, 0.15) is 11.5 Å². The van der Waals surface area contributed by atoms with Crippen molar-refractivity contribution in [2.75, 3.05) is 26.2 Å². The maximum atomic E-state index is 13.4. The summed E-state index contributed by atoms with van der Waals surface area (Å²) in [5.41, 5.74) is 1.55. The van der Waals surface area contributed by atoms with Gasteiger partial charge in [0.25, 0.3) is 5.91 Å². The summed E-state index contributed by atoms with van der Waals surface area (Å²) in [6.45, 7) is 0.709. The van der Waals surface area contributed by atoms with Crippen LogP contribution in [0.25, 0.3) is 11.0 Å². The molecule has 0 aliphatic carbocycles. The number of hydrogen-bond donors (Lipinski definition) is 0. The molecule has 1 fully saturated rings. The van der Waals surface area contributed by atoms with Crippen molar-refractivity contribution in [1.82, 2.24) is 19.2 Å².